The van der Waals surface area contributed by atoms with Crippen LogP contribution in [-0.2, 0) is 38.1 Å². The monoisotopic (exact) mass is 748 g/mol. The molecule has 4 aliphatic carbocycles. The van der Waals surface area contributed by atoms with E-state index in [1.54, 1.807) is 0 Å². The highest BCUT2D eigenvalue weighted by Crippen LogP contribution is 2.69. The molecule has 0 unspecified atom stereocenters. The molecule has 0 amide bonds. The molecule has 11 atom stereocenters. The molecule has 0 aromatic rings. The number of hydrogen-bond acceptors (Lipinski definition) is 11. The van der Waals surface area contributed by atoms with Gasteiger partial charge in [0.2, 0.25) is 0 Å². The molecule has 11 heteroatoms. The van der Waals surface area contributed by atoms with Crippen molar-refractivity contribution in [2.24, 2.45) is 63.5 Å². The van der Waals surface area contributed by atoms with Crippen LogP contribution in [0.1, 0.15) is 150 Å². The van der Waals surface area contributed by atoms with E-state index < -0.39 is 0 Å². The van der Waals surface area contributed by atoms with Gasteiger partial charge in [0.25, 0.3) is 0 Å². The van der Waals surface area contributed by atoms with E-state index in [2.05, 4.69) is 27.7 Å². The summed E-state index contributed by atoms with van der Waals surface area (Å²) in [6.45, 7) is 10.3. The van der Waals surface area contributed by atoms with Gasteiger partial charge < -0.3 is 36.1 Å². The summed E-state index contributed by atoms with van der Waals surface area (Å²) in [5, 5.41) is 0. The summed E-state index contributed by atoms with van der Waals surface area (Å²) in [7, 11) is 0. The third-order valence-corrected chi connectivity index (χ3v) is 14.2. The first-order chi connectivity index (χ1) is 25.4. The number of nitrogens with two attached hydrogens (primary N) is 3. The minimum atomic E-state index is -0.372. The number of hydrogen-bond donors (Lipinski definition) is 3. The molecule has 4 aliphatic rings. The van der Waals surface area contributed by atoms with Gasteiger partial charge in [0.1, 0.15) is 18.3 Å². The third-order valence-electron chi connectivity index (χ3n) is 14.2. The number of carbonyl (C=O) groups excluding carboxylic acids is 4. The van der Waals surface area contributed by atoms with E-state index in [9.17, 15) is 19.2 Å². The Morgan fingerprint density at radius 2 is 1.32 bits per heavy atom. The summed E-state index contributed by atoms with van der Waals surface area (Å²) >= 11 is 0. The second kappa shape index (κ2) is 20.6. The Hall–Kier alpha value is -2.24. The summed E-state index contributed by atoms with van der Waals surface area (Å²) in [5.41, 5.74) is 16.8. The second-order valence-corrected chi connectivity index (χ2v) is 17.4. The van der Waals surface area contributed by atoms with Crippen molar-refractivity contribution in [3.63, 3.8) is 0 Å². The van der Waals surface area contributed by atoms with Gasteiger partial charge >= 0.3 is 23.9 Å². The van der Waals surface area contributed by atoms with Crippen LogP contribution in [0.5, 0.6) is 0 Å². The fraction of sp³-hybridized carbons (Fsp3) is 0.905. The molecule has 0 aromatic heterocycles. The van der Waals surface area contributed by atoms with Gasteiger partial charge in [0.15, 0.2) is 0 Å². The average Bonchev–Trinajstić information content (AvgIpc) is 3.47. The van der Waals surface area contributed by atoms with Crippen molar-refractivity contribution in [1.82, 2.24) is 0 Å². The molecule has 4 saturated carbocycles. The molecule has 4 fully saturated rings. The lowest BCUT2D eigenvalue weighted by atomic mass is 9.43. The van der Waals surface area contributed by atoms with E-state index in [1.165, 1.54) is 32.1 Å². The lowest BCUT2D eigenvalue weighted by Gasteiger charge is -2.64. The minimum Gasteiger partial charge on any atom is -0.466 e. The number of esters is 4. The quantitative estimate of drug-likeness (QED) is 0.0675. The molecule has 0 saturated heterocycles. The van der Waals surface area contributed by atoms with E-state index in [1.807, 2.05) is 0 Å². The molecule has 0 heterocycles. The zero-order valence-corrected chi connectivity index (χ0v) is 33.5. The number of rotatable bonds is 21. The molecule has 0 aliphatic heterocycles. The van der Waals surface area contributed by atoms with Gasteiger partial charge in [-0.25, -0.2) is 0 Å². The topological polar surface area (TPSA) is 183 Å². The molecular weight excluding hydrogens is 674 g/mol. The maximum atomic E-state index is 13.2. The van der Waals surface area contributed by atoms with Crippen LogP contribution in [0, 0.1) is 46.3 Å². The smallest absolute Gasteiger partial charge is 0.307 e. The zero-order chi connectivity index (χ0) is 38.6. The van der Waals surface area contributed by atoms with Crippen molar-refractivity contribution in [1.29, 1.82) is 0 Å². The summed E-state index contributed by atoms with van der Waals surface area (Å²) in [5.74, 6) is -0.00201. The number of fused-ring (bicyclic) bond motifs is 5. The predicted octanol–water partition coefficient (Wildman–Crippen LogP) is 6.36. The molecule has 304 valence electrons. The number of carbonyl (C=O) groups is 4. The predicted molar refractivity (Wildman–Crippen MR) is 204 cm³/mol. The van der Waals surface area contributed by atoms with Crippen molar-refractivity contribution >= 4 is 23.9 Å². The summed E-state index contributed by atoms with van der Waals surface area (Å²) in [6, 6.07) is 0. The van der Waals surface area contributed by atoms with Crippen molar-refractivity contribution in [2.45, 2.75) is 168 Å². The van der Waals surface area contributed by atoms with Crippen LogP contribution >= 0.6 is 0 Å². The molecule has 0 radical (unpaired) electrons. The Morgan fingerprint density at radius 3 is 1.98 bits per heavy atom. The molecule has 4 rings (SSSR count). The highest BCUT2D eigenvalue weighted by Gasteiger charge is 2.67. The Kier molecular flexibility index (Phi) is 16.9. The Bertz CT molecular complexity index is 1200. The van der Waals surface area contributed by atoms with Gasteiger partial charge in [-0.1, -0.05) is 66.2 Å². The Balaban J connectivity index is 1.53. The number of ether oxygens (including phenoxy) is 4. The number of unbranched alkanes of at least 4 members (excludes halogenated alkanes) is 6. The van der Waals surface area contributed by atoms with E-state index >= 15 is 0 Å². The average molecular weight is 748 g/mol. The SMILES string of the molecule is CCCCCCCCCOC(=O)CC[C@@H](C)[C@H]1CC[C@H]2[C@@H]3[C@H](OC(=O)CCN)C[C@@H]4C[C@H](OC(=O)CCN)CC[C@]4(C)[C@H]3C[C@H](OC(=O)CCN)[C@]12C. The molecule has 11 nitrogen and oxygen atoms in total. The van der Waals surface area contributed by atoms with Gasteiger partial charge in [0.05, 0.1) is 25.9 Å². The Morgan fingerprint density at radius 1 is 0.698 bits per heavy atom. The first kappa shape index (κ1) is 43.5. The third kappa shape index (κ3) is 10.7. The van der Waals surface area contributed by atoms with E-state index in [0.29, 0.717) is 38.7 Å². The van der Waals surface area contributed by atoms with Crippen LogP contribution < -0.4 is 17.2 Å². The van der Waals surface area contributed by atoms with Gasteiger partial charge in [-0.05, 0) is 92.8 Å². The van der Waals surface area contributed by atoms with Gasteiger partial charge in [-0.15, -0.1) is 0 Å². The van der Waals surface area contributed by atoms with Crippen molar-refractivity contribution in [3.05, 3.63) is 0 Å². The fourth-order valence-electron chi connectivity index (χ4n) is 11.4. The van der Waals surface area contributed by atoms with Crippen molar-refractivity contribution < 1.29 is 38.1 Å². The molecule has 0 bridgehead atoms. The summed E-state index contributed by atoms with van der Waals surface area (Å²) < 4.78 is 24.4. The van der Waals surface area contributed by atoms with Crippen molar-refractivity contribution in [3.8, 4) is 0 Å². The van der Waals surface area contributed by atoms with Gasteiger partial charge in [0, 0.05) is 37.4 Å². The van der Waals surface area contributed by atoms with Crippen LogP contribution in [0.2, 0.25) is 0 Å². The zero-order valence-electron chi connectivity index (χ0n) is 33.5. The second-order valence-electron chi connectivity index (χ2n) is 17.4. The maximum Gasteiger partial charge on any atom is 0.307 e. The normalized spacial score (nSPS) is 33.9. The van der Waals surface area contributed by atoms with E-state index in [0.717, 1.165) is 38.5 Å². The van der Waals surface area contributed by atoms with Crippen LogP contribution in [-0.4, -0.2) is 68.4 Å². The first-order valence-electron chi connectivity index (χ1n) is 21.3. The van der Waals surface area contributed by atoms with Crippen LogP contribution in [0.25, 0.3) is 0 Å². The van der Waals surface area contributed by atoms with Crippen LogP contribution in [0.4, 0.5) is 0 Å². The van der Waals surface area contributed by atoms with Crippen LogP contribution in [0.3, 0.4) is 0 Å². The minimum absolute atomic E-state index is 0.0907. The van der Waals surface area contributed by atoms with E-state index in [-0.39, 0.29) is 127 Å². The van der Waals surface area contributed by atoms with Gasteiger partial charge in [-0.3, -0.25) is 19.2 Å². The largest absolute Gasteiger partial charge is 0.466 e. The molecule has 53 heavy (non-hydrogen) atoms. The lowest BCUT2D eigenvalue weighted by molar-refractivity contribution is -0.225. The molecule has 0 spiro atoms. The molecule has 0 aromatic carbocycles. The molecular formula is C42H73N3O8. The fourth-order valence-corrected chi connectivity index (χ4v) is 11.4. The highest BCUT2D eigenvalue weighted by molar-refractivity contribution is 5.71. The standard InChI is InChI=1S/C42H73N3O8/c1-5-6-7-8-9-10-11-24-50-36(46)15-12-28(2)31-13-14-32-40-33(27-35(42(31,32)4)53-39(49)19-23-45)41(3)20-16-30(51-37(47)17-21-43)25-29(41)26-34(40)52-38(48)18-22-44/h28-35,40H,5-27,43-45H2,1-4H3/t28-,29+,30-,31-,32+,33+,34-,35+,40+,41+,42-/m1/s1. The first-order valence-corrected chi connectivity index (χ1v) is 21.3. The van der Waals surface area contributed by atoms with Gasteiger partial charge in [-0.2, -0.15) is 0 Å². The highest BCUT2D eigenvalue weighted by atomic mass is 16.6. The maximum absolute atomic E-state index is 13.2. The summed E-state index contributed by atoms with van der Waals surface area (Å²) in [6.07, 6.45) is 14.6. The van der Waals surface area contributed by atoms with E-state index in [4.69, 9.17) is 36.1 Å². The lowest BCUT2D eigenvalue weighted by Crippen LogP contribution is -2.63. The van der Waals surface area contributed by atoms with Crippen LogP contribution in [0.15, 0.2) is 0 Å². The Labute approximate surface area is 319 Å². The molecule has 6 N–H and O–H groups in total. The van der Waals surface area contributed by atoms with Crippen molar-refractivity contribution in [2.75, 3.05) is 26.2 Å². The summed E-state index contributed by atoms with van der Waals surface area (Å²) in [4.78, 5) is 51.7.